The van der Waals surface area contributed by atoms with E-state index in [4.69, 9.17) is 0 Å². The Morgan fingerprint density at radius 2 is 1.93 bits per heavy atom. The molecule has 5 nitrogen and oxygen atoms in total. The van der Waals surface area contributed by atoms with Crippen molar-refractivity contribution < 1.29 is 4.79 Å². The molecule has 3 heterocycles. The van der Waals surface area contributed by atoms with Crippen molar-refractivity contribution in [2.24, 2.45) is 0 Å². The zero-order valence-corrected chi connectivity index (χ0v) is 15.7. The second-order valence-corrected chi connectivity index (χ2v) is 7.75. The second kappa shape index (κ2) is 6.81. The molecule has 1 fully saturated rings. The van der Waals surface area contributed by atoms with Crippen LogP contribution in [0.1, 0.15) is 46.3 Å². The number of fused-ring (bicyclic) bond motifs is 2. The van der Waals surface area contributed by atoms with Gasteiger partial charge >= 0.3 is 0 Å². The highest BCUT2D eigenvalue weighted by molar-refractivity contribution is 6.05. The molecule has 0 unspecified atom stereocenters. The number of aromatic nitrogens is 1. The summed E-state index contributed by atoms with van der Waals surface area (Å²) < 4.78 is 0. The van der Waals surface area contributed by atoms with Gasteiger partial charge in [0.2, 0.25) is 0 Å². The number of aromatic amines is 1. The molecule has 2 aromatic carbocycles. The van der Waals surface area contributed by atoms with Crippen LogP contribution in [0.15, 0.2) is 36.4 Å². The first-order valence-corrected chi connectivity index (χ1v) is 9.91. The van der Waals surface area contributed by atoms with Gasteiger partial charge in [-0.1, -0.05) is 18.6 Å². The van der Waals surface area contributed by atoms with Crippen LogP contribution in [-0.4, -0.2) is 28.9 Å². The molecule has 140 valence electrons. The van der Waals surface area contributed by atoms with Crippen LogP contribution in [0.3, 0.4) is 0 Å². The molecule has 0 spiro atoms. The smallest absolute Gasteiger partial charge is 0.252 e. The van der Waals surface area contributed by atoms with E-state index in [9.17, 15) is 10.1 Å². The largest absolute Gasteiger partial charge is 0.355 e. The Kier molecular flexibility index (Phi) is 4.14. The standard InChI is InChI=1S/C23H22N4O/c24-12-16-5-6-18(22-19(16)13-25-23(22)28)21-11-17-10-15(4-7-20(17)26-21)14-27-8-2-1-3-9-27/h4-7,10-11,26H,1-3,8-9,13-14H2,(H,25,28). The van der Waals surface area contributed by atoms with E-state index in [-0.39, 0.29) is 5.91 Å². The average Bonchev–Trinajstić information content (AvgIpc) is 3.32. The number of hydrogen-bond acceptors (Lipinski definition) is 3. The fourth-order valence-electron chi connectivity index (χ4n) is 4.48. The minimum atomic E-state index is -0.105. The van der Waals surface area contributed by atoms with E-state index in [1.807, 2.05) is 12.1 Å². The molecule has 5 heteroatoms. The highest BCUT2D eigenvalue weighted by Gasteiger charge is 2.26. The monoisotopic (exact) mass is 370 g/mol. The first-order valence-electron chi connectivity index (χ1n) is 9.91. The Morgan fingerprint density at radius 1 is 1.07 bits per heavy atom. The summed E-state index contributed by atoms with van der Waals surface area (Å²) in [5, 5.41) is 13.3. The molecule has 2 N–H and O–H groups in total. The van der Waals surface area contributed by atoms with Crippen LogP contribution in [0, 0.1) is 11.3 Å². The van der Waals surface area contributed by atoms with Crippen LogP contribution in [-0.2, 0) is 13.1 Å². The Balaban J connectivity index is 1.52. The quantitative estimate of drug-likeness (QED) is 0.734. The number of nitrogens with zero attached hydrogens (tertiary/aromatic N) is 2. The number of amides is 1. The van der Waals surface area contributed by atoms with E-state index in [0.29, 0.717) is 17.7 Å². The van der Waals surface area contributed by atoms with Crippen LogP contribution < -0.4 is 5.32 Å². The maximum atomic E-state index is 12.4. The number of H-pyrrole nitrogens is 1. The highest BCUT2D eigenvalue weighted by atomic mass is 16.1. The van der Waals surface area contributed by atoms with Crippen LogP contribution in [0.5, 0.6) is 0 Å². The lowest BCUT2D eigenvalue weighted by molar-refractivity contribution is 0.0966. The van der Waals surface area contributed by atoms with E-state index in [2.05, 4.69) is 45.5 Å². The number of carbonyl (C=O) groups excluding carboxylic acids is 1. The number of nitriles is 1. The van der Waals surface area contributed by atoms with Gasteiger partial charge in [0.15, 0.2) is 0 Å². The van der Waals surface area contributed by atoms with Crippen LogP contribution in [0.2, 0.25) is 0 Å². The van der Waals surface area contributed by atoms with Gasteiger partial charge in [0.05, 0.1) is 17.2 Å². The van der Waals surface area contributed by atoms with E-state index in [1.165, 1.54) is 37.9 Å². The normalized spacial score (nSPS) is 16.8. The molecule has 5 rings (SSSR count). The van der Waals surface area contributed by atoms with Crippen molar-refractivity contribution in [3.63, 3.8) is 0 Å². The first-order chi connectivity index (χ1) is 13.7. The van der Waals surface area contributed by atoms with Gasteiger partial charge in [0, 0.05) is 40.8 Å². The highest BCUT2D eigenvalue weighted by Crippen LogP contribution is 2.33. The molecule has 0 saturated carbocycles. The third-order valence-electron chi connectivity index (χ3n) is 5.92. The van der Waals surface area contributed by atoms with Crippen molar-refractivity contribution in [1.82, 2.24) is 15.2 Å². The first kappa shape index (κ1) is 17.0. The zero-order chi connectivity index (χ0) is 19.1. The molecule has 1 saturated heterocycles. The predicted molar refractivity (Wildman–Crippen MR) is 109 cm³/mol. The molecule has 2 aliphatic rings. The minimum absolute atomic E-state index is 0.105. The third kappa shape index (κ3) is 2.87. The van der Waals surface area contributed by atoms with E-state index >= 15 is 0 Å². The Labute approximate surface area is 164 Å². The Bertz CT molecular complexity index is 1120. The SMILES string of the molecule is N#Cc1ccc(-c2cc3cc(CN4CCCCC4)ccc3[nH]2)c2c1CNC2=O. The number of hydrogen-bond donors (Lipinski definition) is 2. The van der Waals surface area contributed by atoms with Gasteiger partial charge in [-0.2, -0.15) is 5.26 Å². The Morgan fingerprint density at radius 3 is 2.75 bits per heavy atom. The van der Waals surface area contributed by atoms with Crippen molar-refractivity contribution in [3.05, 3.63) is 58.7 Å². The lowest BCUT2D eigenvalue weighted by Gasteiger charge is -2.26. The van der Waals surface area contributed by atoms with Crippen molar-refractivity contribution in [1.29, 1.82) is 5.26 Å². The molecule has 0 radical (unpaired) electrons. The van der Waals surface area contributed by atoms with Crippen LogP contribution in [0.25, 0.3) is 22.2 Å². The summed E-state index contributed by atoms with van der Waals surface area (Å²) in [5.74, 6) is -0.105. The topological polar surface area (TPSA) is 71.9 Å². The zero-order valence-electron chi connectivity index (χ0n) is 15.7. The van der Waals surface area contributed by atoms with E-state index < -0.39 is 0 Å². The summed E-state index contributed by atoms with van der Waals surface area (Å²) in [7, 11) is 0. The summed E-state index contributed by atoms with van der Waals surface area (Å²) in [4.78, 5) is 18.4. The fourth-order valence-corrected chi connectivity index (χ4v) is 4.48. The van der Waals surface area contributed by atoms with Gasteiger partial charge in [0.25, 0.3) is 5.91 Å². The fraction of sp³-hybridized carbons (Fsp3) is 0.304. The molecule has 28 heavy (non-hydrogen) atoms. The van der Waals surface area contributed by atoms with Crippen molar-refractivity contribution in [2.45, 2.75) is 32.4 Å². The van der Waals surface area contributed by atoms with Gasteiger partial charge in [-0.25, -0.2) is 0 Å². The lowest BCUT2D eigenvalue weighted by Crippen LogP contribution is -2.28. The summed E-state index contributed by atoms with van der Waals surface area (Å²) >= 11 is 0. The molecule has 3 aromatic rings. The minimum Gasteiger partial charge on any atom is -0.355 e. The number of benzene rings is 2. The number of likely N-dealkylation sites (tertiary alicyclic amines) is 1. The average molecular weight is 370 g/mol. The van der Waals surface area contributed by atoms with Crippen LogP contribution in [0.4, 0.5) is 0 Å². The number of rotatable bonds is 3. The molecular weight excluding hydrogens is 348 g/mol. The second-order valence-electron chi connectivity index (χ2n) is 7.75. The maximum Gasteiger partial charge on any atom is 0.252 e. The number of carbonyl (C=O) groups is 1. The van der Waals surface area contributed by atoms with Gasteiger partial charge in [-0.15, -0.1) is 0 Å². The molecule has 0 atom stereocenters. The number of piperidine rings is 1. The van der Waals surface area contributed by atoms with Gasteiger partial charge in [-0.3, -0.25) is 9.69 Å². The van der Waals surface area contributed by atoms with Gasteiger partial charge in [0.1, 0.15) is 0 Å². The van der Waals surface area contributed by atoms with Crippen LogP contribution >= 0.6 is 0 Å². The van der Waals surface area contributed by atoms with Gasteiger partial charge < -0.3 is 10.3 Å². The summed E-state index contributed by atoms with van der Waals surface area (Å²) in [6, 6.07) is 14.5. The Hall–Kier alpha value is -3.10. The molecule has 2 aliphatic heterocycles. The van der Waals surface area contributed by atoms with E-state index in [0.717, 1.165) is 34.3 Å². The number of nitrogens with one attached hydrogen (secondary N) is 2. The van der Waals surface area contributed by atoms with Gasteiger partial charge in [-0.05, 0) is 55.8 Å². The van der Waals surface area contributed by atoms with E-state index in [1.54, 1.807) is 0 Å². The molecular formula is C23H22N4O. The maximum absolute atomic E-state index is 12.4. The van der Waals surface area contributed by atoms with Crippen molar-refractivity contribution in [2.75, 3.05) is 13.1 Å². The molecule has 1 aromatic heterocycles. The predicted octanol–water partition coefficient (Wildman–Crippen LogP) is 3.94. The van der Waals surface area contributed by atoms with Crippen molar-refractivity contribution in [3.8, 4) is 17.3 Å². The molecule has 1 amide bonds. The lowest BCUT2D eigenvalue weighted by atomic mass is 9.96. The molecule has 0 aliphatic carbocycles. The summed E-state index contributed by atoms with van der Waals surface area (Å²) in [6.45, 7) is 3.78. The van der Waals surface area contributed by atoms with Crippen molar-refractivity contribution >= 4 is 16.8 Å². The third-order valence-corrected chi connectivity index (χ3v) is 5.92. The molecule has 0 bridgehead atoms. The summed E-state index contributed by atoms with van der Waals surface area (Å²) in [6.07, 6.45) is 3.93. The summed E-state index contributed by atoms with van der Waals surface area (Å²) in [5.41, 5.74) is 6.16.